The molecule has 0 aliphatic rings. The topological polar surface area (TPSA) is 63.7 Å². The van der Waals surface area contributed by atoms with Crippen molar-refractivity contribution in [1.82, 2.24) is 4.31 Å². The van der Waals surface area contributed by atoms with E-state index in [2.05, 4.69) is 6.58 Å². The Balaban J connectivity index is 3.17. The Labute approximate surface area is 126 Å². The maximum absolute atomic E-state index is 12.5. The molecule has 0 aromatic heterocycles. The van der Waals surface area contributed by atoms with Crippen LogP contribution < -0.4 is 0 Å². The maximum Gasteiger partial charge on any atom is 0.424 e. The average Bonchev–Trinajstić information content (AvgIpc) is 2.34. The predicted molar refractivity (Wildman–Crippen MR) is 81.5 cm³/mol. The van der Waals surface area contributed by atoms with Crippen molar-refractivity contribution in [2.45, 2.75) is 38.2 Å². The number of nitrogens with zero attached hydrogens (tertiary/aromatic N) is 1. The molecule has 0 unspecified atom stereocenters. The summed E-state index contributed by atoms with van der Waals surface area (Å²) in [6, 6.07) is 6.28. The summed E-state index contributed by atoms with van der Waals surface area (Å²) >= 11 is 0. The minimum absolute atomic E-state index is 0.0424. The highest BCUT2D eigenvalue weighted by Crippen LogP contribution is 2.19. The van der Waals surface area contributed by atoms with Crippen LogP contribution in [0.2, 0.25) is 0 Å². The molecule has 1 aromatic rings. The lowest BCUT2D eigenvalue weighted by atomic mass is 10.2. The standard InChI is InChI=1S/C15H21NO4S/c1-6-11-16(14(17)20-15(3,4)5)21(18,19)13-9-7-12(2)8-10-13/h6-10H,1,11H2,2-5H3. The maximum atomic E-state index is 12.5. The van der Waals surface area contributed by atoms with Gasteiger partial charge in [0.25, 0.3) is 10.0 Å². The zero-order chi connectivity index (χ0) is 16.3. The molecule has 0 bridgehead atoms. The van der Waals surface area contributed by atoms with Crippen LogP contribution in [-0.4, -0.2) is 31.0 Å². The third kappa shape index (κ3) is 4.60. The number of ether oxygens (including phenoxy) is 1. The lowest BCUT2D eigenvalue weighted by molar-refractivity contribution is 0.0404. The van der Waals surface area contributed by atoms with Crippen LogP contribution in [0.1, 0.15) is 26.3 Å². The van der Waals surface area contributed by atoms with Crippen molar-refractivity contribution in [3.63, 3.8) is 0 Å². The molecule has 1 rings (SSSR count). The Morgan fingerprint density at radius 2 is 1.81 bits per heavy atom. The number of rotatable bonds is 4. The molecule has 21 heavy (non-hydrogen) atoms. The smallest absolute Gasteiger partial charge is 0.424 e. The fourth-order valence-electron chi connectivity index (χ4n) is 1.54. The third-order valence-corrected chi connectivity index (χ3v) is 4.25. The molecule has 0 atom stereocenters. The van der Waals surface area contributed by atoms with Crippen LogP contribution in [0.25, 0.3) is 0 Å². The summed E-state index contributed by atoms with van der Waals surface area (Å²) < 4.78 is 30.9. The van der Waals surface area contributed by atoms with Crippen LogP contribution in [0.3, 0.4) is 0 Å². The van der Waals surface area contributed by atoms with Crippen LogP contribution >= 0.6 is 0 Å². The van der Waals surface area contributed by atoms with Crippen molar-refractivity contribution in [2.24, 2.45) is 0 Å². The highest BCUT2D eigenvalue weighted by atomic mass is 32.2. The molecule has 0 N–H and O–H groups in total. The van der Waals surface area contributed by atoms with E-state index in [1.54, 1.807) is 32.9 Å². The Hall–Kier alpha value is -1.82. The Kier molecular flexibility index (Phi) is 5.17. The van der Waals surface area contributed by atoms with Crippen LogP contribution in [0, 0.1) is 6.92 Å². The number of aryl methyl sites for hydroxylation is 1. The molecule has 0 aliphatic heterocycles. The van der Waals surface area contributed by atoms with Gasteiger partial charge in [-0.05, 0) is 39.8 Å². The zero-order valence-electron chi connectivity index (χ0n) is 12.8. The summed E-state index contributed by atoms with van der Waals surface area (Å²) in [5.41, 5.74) is 0.153. The number of amides is 1. The number of carbonyl (C=O) groups is 1. The van der Waals surface area contributed by atoms with E-state index in [0.29, 0.717) is 4.31 Å². The minimum Gasteiger partial charge on any atom is -0.443 e. The van der Waals surface area contributed by atoms with Gasteiger partial charge in [-0.15, -0.1) is 6.58 Å². The second kappa shape index (κ2) is 6.30. The largest absolute Gasteiger partial charge is 0.443 e. The van der Waals surface area contributed by atoms with E-state index in [4.69, 9.17) is 4.74 Å². The van der Waals surface area contributed by atoms with Gasteiger partial charge in [-0.2, -0.15) is 4.31 Å². The van der Waals surface area contributed by atoms with E-state index in [9.17, 15) is 13.2 Å². The molecular formula is C15H21NO4S. The zero-order valence-corrected chi connectivity index (χ0v) is 13.6. The molecule has 0 radical (unpaired) electrons. The van der Waals surface area contributed by atoms with Crippen molar-refractivity contribution in [3.8, 4) is 0 Å². The van der Waals surface area contributed by atoms with E-state index in [1.807, 2.05) is 6.92 Å². The van der Waals surface area contributed by atoms with E-state index in [0.717, 1.165) is 5.56 Å². The molecule has 0 saturated carbocycles. The molecule has 116 valence electrons. The molecular weight excluding hydrogens is 290 g/mol. The first-order chi connectivity index (χ1) is 9.58. The molecule has 0 spiro atoms. The lowest BCUT2D eigenvalue weighted by Crippen LogP contribution is -2.40. The summed E-state index contributed by atoms with van der Waals surface area (Å²) in [5, 5.41) is 0. The van der Waals surface area contributed by atoms with Gasteiger partial charge in [0.1, 0.15) is 5.60 Å². The normalized spacial score (nSPS) is 11.8. The van der Waals surface area contributed by atoms with Gasteiger partial charge in [-0.3, -0.25) is 0 Å². The van der Waals surface area contributed by atoms with E-state index >= 15 is 0 Å². The molecule has 0 fully saturated rings. The quantitative estimate of drug-likeness (QED) is 0.802. The van der Waals surface area contributed by atoms with Gasteiger partial charge in [0.15, 0.2) is 0 Å². The first-order valence-electron chi connectivity index (χ1n) is 6.51. The van der Waals surface area contributed by atoms with Crippen molar-refractivity contribution in [2.75, 3.05) is 6.54 Å². The Morgan fingerprint density at radius 3 is 2.24 bits per heavy atom. The van der Waals surface area contributed by atoms with E-state index in [1.165, 1.54) is 18.2 Å². The number of hydrogen-bond donors (Lipinski definition) is 0. The minimum atomic E-state index is -3.96. The molecule has 1 aromatic carbocycles. The molecule has 5 nitrogen and oxygen atoms in total. The molecule has 1 amide bonds. The number of hydrogen-bond acceptors (Lipinski definition) is 4. The summed E-state index contributed by atoms with van der Waals surface area (Å²) in [6.07, 6.45) is 0.429. The van der Waals surface area contributed by atoms with Crippen molar-refractivity contribution in [3.05, 3.63) is 42.5 Å². The molecule has 0 aliphatic carbocycles. The number of carbonyl (C=O) groups excluding carboxylic acids is 1. The molecule has 0 heterocycles. The first kappa shape index (κ1) is 17.2. The van der Waals surface area contributed by atoms with Gasteiger partial charge in [0.05, 0.1) is 11.4 Å². The average molecular weight is 311 g/mol. The van der Waals surface area contributed by atoms with Crippen LogP contribution in [0.5, 0.6) is 0 Å². The van der Waals surface area contributed by atoms with Gasteiger partial charge < -0.3 is 4.74 Å². The first-order valence-corrected chi connectivity index (χ1v) is 7.95. The van der Waals surface area contributed by atoms with Gasteiger partial charge in [-0.25, -0.2) is 13.2 Å². The van der Waals surface area contributed by atoms with Crippen LogP contribution in [-0.2, 0) is 14.8 Å². The second-order valence-corrected chi connectivity index (χ2v) is 7.48. The van der Waals surface area contributed by atoms with E-state index in [-0.39, 0.29) is 11.4 Å². The summed E-state index contributed by atoms with van der Waals surface area (Å²) in [5.74, 6) is 0. The highest BCUT2D eigenvalue weighted by Gasteiger charge is 2.32. The highest BCUT2D eigenvalue weighted by molar-refractivity contribution is 7.89. The van der Waals surface area contributed by atoms with Crippen molar-refractivity contribution in [1.29, 1.82) is 0 Å². The van der Waals surface area contributed by atoms with Crippen LogP contribution in [0.15, 0.2) is 41.8 Å². The van der Waals surface area contributed by atoms with Gasteiger partial charge >= 0.3 is 6.09 Å². The third-order valence-electron chi connectivity index (χ3n) is 2.50. The molecule has 0 saturated heterocycles. The van der Waals surface area contributed by atoms with Gasteiger partial charge in [-0.1, -0.05) is 23.8 Å². The van der Waals surface area contributed by atoms with Gasteiger partial charge in [0.2, 0.25) is 0 Å². The number of sulfonamides is 1. The number of benzene rings is 1. The summed E-state index contributed by atoms with van der Waals surface area (Å²) in [4.78, 5) is 12.2. The Morgan fingerprint density at radius 1 is 1.29 bits per heavy atom. The Bertz CT molecular complexity index is 612. The fourth-order valence-corrected chi connectivity index (χ4v) is 2.81. The summed E-state index contributed by atoms with van der Waals surface area (Å²) in [7, 11) is -3.96. The van der Waals surface area contributed by atoms with Gasteiger partial charge in [0, 0.05) is 0 Å². The van der Waals surface area contributed by atoms with Crippen molar-refractivity contribution >= 4 is 16.1 Å². The molecule has 6 heteroatoms. The SMILES string of the molecule is C=CCN(C(=O)OC(C)(C)C)S(=O)(=O)c1ccc(C)cc1. The van der Waals surface area contributed by atoms with Crippen molar-refractivity contribution < 1.29 is 17.9 Å². The van der Waals surface area contributed by atoms with E-state index < -0.39 is 21.7 Å². The van der Waals surface area contributed by atoms with Crippen LogP contribution in [0.4, 0.5) is 4.79 Å². The predicted octanol–water partition coefficient (Wildman–Crippen LogP) is 3.11. The summed E-state index contributed by atoms with van der Waals surface area (Å²) in [6.45, 7) is 10.2. The fraction of sp³-hybridized carbons (Fsp3) is 0.400. The second-order valence-electron chi connectivity index (χ2n) is 5.62. The monoisotopic (exact) mass is 311 g/mol. The lowest BCUT2D eigenvalue weighted by Gasteiger charge is -2.26.